The van der Waals surface area contributed by atoms with Gasteiger partial charge in [-0.3, -0.25) is 9.69 Å². The first-order chi connectivity index (χ1) is 11.7. The number of piperidine rings is 1. The highest BCUT2D eigenvalue weighted by Crippen LogP contribution is 2.20. The molecule has 0 saturated carbocycles. The smallest absolute Gasteiger partial charge is 0.223 e. The van der Waals surface area contributed by atoms with Gasteiger partial charge in [0.05, 0.1) is 6.10 Å². The molecule has 24 heavy (non-hydrogen) atoms. The maximum atomic E-state index is 12.3. The summed E-state index contributed by atoms with van der Waals surface area (Å²) < 4.78 is 5.57. The van der Waals surface area contributed by atoms with Crippen molar-refractivity contribution in [3.63, 3.8) is 0 Å². The molecule has 1 amide bonds. The molecule has 132 valence electrons. The number of ether oxygens (including phenoxy) is 1. The average Bonchev–Trinajstić information content (AvgIpc) is 3.14. The van der Waals surface area contributed by atoms with E-state index in [1.54, 1.807) is 0 Å². The number of carbonyl (C=O) groups is 1. The van der Waals surface area contributed by atoms with E-state index in [0.717, 1.165) is 58.3 Å². The van der Waals surface area contributed by atoms with Gasteiger partial charge in [-0.2, -0.15) is 0 Å². The number of carbonyl (C=O) groups excluding carboxylic acids is 1. The lowest BCUT2D eigenvalue weighted by Crippen LogP contribution is -2.42. The van der Waals surface area contributed by atoms with E-state index >= 15 is 0 Å². The Bertz CT molecular complexity index is 515. The van der Waals surface area contributed by atoms with Crippen molar-refractivity contribution in [2.45, 2.75) is 51.7 Å². The lowest BCUT2D eigenvalue weighted by molar-refractivity contribution is -0.127. The van der Waals surface area contributed by atoms with Crippen molar-refractivity contribution in [3.8, 4) is 0 Å². The molecule has 0 aliphatic carbocycles. The van der Waals surface area contributed by atoms with Crippen LogP contribution in [0.4, 0.5) is 0 Å². The van der Waals surface area contributed by atoms with Gasteiger partial charge in [0.15, 0.2) is 0 Å². The van der Waals surface area contributed by atoms with Crippen LogP contribution in [-0.2, 0) is 22.5 Å². The van der Waals surface area contributed by atoms with Crippen LogP contribution in [0.3, 0.4) is 0 Å². The fourth-order valence-corrected chi connectivity index (χ4v) is 3.66. The van der Waals surface area contributed by atoms with Crippen LogP contribution in [0.5, 0.6) is 0 Å². The number of rotatable bonds is 6. The Labute approximate surface area is 145 Å². The van der Waals surface area contributed by atoms with E-state index in [2.05, 4.69) is 41.4 Å². The lowest BCUT2D eigenvalue weighted by Gasteiger charge is -2.31. The van der Waals surface area contributed by atoms with Crippen molar-refractivity contribution < 1.29 is 9.53 Å². The van der Waals surface area contributed by atoms with Gasteiger partial charge in [-0.25, -0.2) is 0 Å². The summed E-state index contributed by atoms with van der Waals surface area (Å²) in [5.74, 6) is 0.391. The van der Waals surface area contributed by atoms with Gasteiger partial charge in [-0.15, -0.1) is 0 Å². The molecule has 2 fully saturated rings. The molecule has 2 heterocycles. The highest BCUT2D eigenvalue weighted by Gasteiger charge is 2.26. The fourth-order valence-electron chi connectivity index (χ4n) is 3.66. The normalized spacial score (nSPS) is 22.6. The van der Waals surface area contributed by atoms with Crippen LogP contribution in [-0.4, -0.2) is 43.2 Å². The van der Waals surface area contributed by atoms with Crippen LogP contribution in [0.2, 0.25) is 0 Å². The van der Waals surface area contributed by atoms with Crippen molar-refractivity contribution in [1.29, 1.82) is 0 Å². The number of aryl methyl sites for hydroxylation is 1. The summed E-state index contributed by atoms with van der Waals surface area (Å²) >= 11 is 0. The van der Waals surface area contributed by atoms with Gasteiger partial charge in [-0.05, 0) is 56.3 Å². The minimum Gasteiger partial charge on any atom is -0.376 e. The van der Waals surface area contributed by atoms with Gasteiger partial charge in [-0.1, -0.05) is 31.2 Å². The van der Waals surface area contributed by atoms with E-state index in [4.69, 9.17) is 4.74 Å². The van der Waals surface area contributed by atoms with Crippen molar-refractivity contribution in [3.05, 3.63) is 35.4 Å². The number of hydrogen-bond donors (Lipinski definition) is 1. The summed E-state index contributed by atoms with van der Waals surface area (Å²) in [5.41, 5.74) is 2.76. The molecule has 2 aliphatic heterocycles. The van der Waals surface area contributed by atoms with Crippen molar-refractivity contribution in [2.75, 3.05) is 26.2 Å². The van der Waals surface area contributed by atoms with Gasteiger partial charge < -0.3 is 10.1 Å². The van der Waals surface area contributed by atoms with E-state index in [1.165, 1.54) is 11.1 Å². The van der Waals surface area contributed by atoms with Crippen LogP contribution in [0.25, 0.3) is 0 Å². The van der Waals surface area contributed by atoms with E-state index in [9.17, 15) is 4.79 Å². The maximum absolute atomic E-state index is 12.3. The predicted octanol–water partition coefficient (Wildman–Crippen LogP) is 2.76. The molecule has 4 heteroatoms. The number of nitrogens with zero attached hydrogens (tertiary/aromatic N) is 1. The summed E-state index contributed by atoms with van der Waals surface area (Å²) in [6.45, 7) is 6.72. The number of nitrogens with one attached hydrogen (secondary N) is 1. The van der Waals surface area contributed by atoms with Crippen LogP contribution >= 0.6 is 0 Å². The summed E-state index contributed by atoms with van der Waals surface area (Å²) in [7, 11) is 0. The van der Waals surface area contributed by atoms with Gasteiger partial charge in [0, 0.05) is 25.6 Å². The predicted molar refractivity (Wildman–Crippen MR) is 95.8 cm³/mol. The zero-order valence-corrected chi connectivity index (χ0v) is 14.8. The third-order valence-electron chi connectivity index (χ3n) is 5.32. The SMILES string of the molecule is CCc1ccc(CN2CCC(C(=O)NC[C@H]3CCCO3)CC2)cc1. The molecule has 1 N–H and O–H groups in total. The molecule has 1 atom stereocenters. The van der Waals surface area contributed by atoms with Crippen LogP contribution in [0.1, 0.15) is 43.7 Å². The third kappa shape index (κ3) is 4.81. The van der Waals surface area contributed by atoms with E-state index in [-0.39, 0.29) is 17.9 Å². The number of benzene rings is 1. The topological polar surface area (TPSA) is 41.6 Å². The average molecular weight is 330 g/mol. The summed E-state index contributed by atoms with van der Waals surface area (Å²) in [5, 5.41) is 3.09. The third-order valence-corrected chi connectivity index (χ3v) is 5.32. The van der Waals surface area contributed by atoms with E-state index in [1.807, 2.05) is 0 Å². The van der Waals surface area contributed by atoms with Gasteiger partial charge in [0.25, 0.3) is 0 Å². The number of amides is 1. The highest BCUT2D eigenvalue weighted by molar-refractivity contribution is 5.78. The lowest BCUT2D eigenvalue weighted by atomic mass is 9.95. The second kappa shape index (κ2) is 8.63. The van der Waals surface area contributed by atoms with E-state index < -0.39 is 0 Å². The molecular formula is C20H30N2O2. The van der Waals surface area contributed by atoms with Crippen LogP contribution in [0.15, 0.2) is 24.3 Å². The zero-order chi connectivity index (χ0) is 16.8. The fraction of sp³-hybridized carbons (Fsp3) is 0.650. The Morgan fingerprint density at radius 3 is 2.50 bits per heavy atom. The Hall–Kier alpha value is -1.39. The van der Waals surface area contributed by atoms with Crippen LogP contribution in [0, 0.1) is 5.92 Å². The standard InChI is InChI=1S/C20H30N2O2/c1-2-16-5-7-17(8-6-16)15-22-11-9-18(10-12-22)20(23)21-14-19-4-3-13-24-19/h5-8,18-19H,2-4,9-15H2,1H3,(H,21,23)/t19-/m1/s1. The molecule has 1 aromatic carbocycles. The van der Waals surface area contributed by atoms with Crippen LogP contribution < -0.4 is 5.32 Å². The summed E-state index contributed by atoms with van der Waals surface area (Å²) in [4.78, 5) is 14.8. The molecule has 2 aliphatic rings. The Balaban J connectivity index is 1.38. The molecule has 2 saturated heterocycles. The Morgan fingerprint density at radius 1 is 1.17 bits per heavy atom. The minimum atomic E-state index is 0.171. The largest absolute Gasteiger partial charge is 0.376 e. The molecule has 0 spiro atoms. The molecule has 0 aromatic heterocycles. The molecular weight excluding hydrogens is 300 g/mol. The zero-order valence-electron chi connectivity index (χ0n) is 14.8. The van der Waals surface area contributed by atoms with Gasteiger partial charge in [0.2, 0.25) is 5.91 Å². The van der Waals surface area contributed by atoms with E-state index in [0.29, 0.717) is 6.54 Å². The minimum absolute atomic E-state index is 0.171. The molecule has 3 rings (SSSR count). The Kier molecular flexibility index (Phi) is 6.27. The van der Waals surface area contributed by atoms with Crippen molar-refractivity contribution in [1.82, 2.24) is 10.2 Å². The molecule has 4 nitrogen and oxygen atoms in total. The molecule has 1 aromatic rings. The first-order valence-corrected chi connectivity index (χ1v) is 9.44. The highest BCUT2D eigenvalue weighted by atomic mass is 16.5. The Morgan fingerprint density at radius 2 is 1.88 bits per heavy atom. The van der Waals surface area contributed by atoms with Crippen molar-refractivity contribution in [2.24, 2.45) is 5.92 Å². The van der Waals surface area contributed by atoms with Gasteiger partial charge >= 0.3 is 0 Å². The first-order valence-electron chi connectivity index (χ1n) is 9.44. The first kappa shape index (κ1) is 17.4. The molecule has 0 unspecified atom stereocenters. The quantitative estimate of drug-likeness (QED) is 0.872. The number of likely N-dealkylation sites (tertiary alicyclic amines) is 1. The van der Waals surface area contributed by atoms with Crippen molar-refractivity contribution >= 4 is 5.91 Å². The molecule has 0 bridgehead atoms. The second-order valence-corrected chi connectivity index (χ2v) is 7.10. The maximum Gasteiger partial charge on any atom is 0.223 e. The molecule has 0 radical (unpaired) electrons. The summed E-state index contributed by atoms with van der Waals surface area (Å²) in [6.07, 6.45) is 5.45. The number of hydrogen-bond acceptors (Lipinski definition) is 3. The summed E-state index contributed by atoms with van der Waals surface area (Å²) in [6, 6.07) is 8.92. The second-order valence-electron chi connectivity index (χ2n) is 7.10. The monoisotopic (exact) mass is 330 g/mol. The van der Waals surface area contributed by atoms with Gasteiger partial charge in [0.1, 0.15) is 0 Å².